The predicted molar refractivity (Wildman–Crippen MR) is 163 cm³/mol. The van der Waals surface area contributed by atoms with Crippen LogP contribution in [0.15, 0.2) is 109 Å². The second kappa shape index (κ2) is 14.1. The molecule has 4 rings (SSSR count). The number of allylic oxidation sites excluding steroid dienone is 1. The zero-order valence-electron chi connectivity index (χ0n) is 23.4. The van der Waals surface area contributed by atoms with Crippen LogP contribution in [0, 0.1) is 0 Å². The summed E-state index contributed by atoms with van der Waals surface area (Å²) in [6.07, 6.45) is 4.68. The Labute approximate surface area is 244 Å². The van der Waals surface area contributed by atoms with E-state index in [1.807, 2.05) is 0 Å². The number of ether oxygens (including phenoxy) is 3. The maximum absolute atomic E-state index is 13.3. The van der Waals surface area contributed by atoms with Gasteiger partial charge in [0.05, 0.1) is 21.3 Å². The van der Waals surface area contributed by atoms with Crippen molar-refractivity contribution in [2.45, 2.75) is 0 Å². The van der Waals surface area contributed by atoms with Crippen LogP contribution in [0.25, 0.3) is 12.2 Å². The topological polar surface area (TPSA) is 103 Å². The number of hydrogen-bond donors (Lipinski definition) is 2. The molecule has 8 nitrogen and oxygen atoms in total. The first-order chi connectivity index (χ1) is 20.4. The average Bonchev–Trinajstić information content (AvgIpc) is 3.03. The van der Waals surface area contributed by atoms with E-state index in [0.717, 1.165) is 5.56 Å². The number of carbonyl (C=O) groups excluding carboxylic acids is 3. The van der Waals surface area contributed by atoms with Crippen molar-refractivity contribution >= 4 is 35.4 Å². The molecule has 0 aliphatic rings. The van der Waals surface area contributed by atoms with Gasteiger partial charge in [0, 0.05) is 28.4 Å². The molecule has 0 saturated heterocycles. The van der Waals surface area contributed by atoms with Crippen molar-refractivity contribution in [1.29, 1.82) is 0 Å². The molecule has 212 valence electrons. The van der Waals surface area contributed by atoms with E-state index >= 15 is 0 Å². The van der Waals surface area contributed by atoms with E-state index in [9.17, 15) is 14.4 Å². The number of anilines is 1. The molecule has 42 heavy (non-hydrogen) atoms. The number of nitrogens with one attached hydrogen (secondary N) is 2. The predicted octanol–water partition coefficient (Wildman–Crippen LogP) is 6.02. The SMILES string of the molecule is COc1cccc(/C=C(\NC(=O)c2ccccc2)C(=O)Nc2ccc(C(=O)/C=C/c3ccc(OC)cc3OC)cc2)c1. The van der Waals surface area contributed by atoms with E-state index < -0.39 is 11.8 Å². The average molecular weight is 563 g/mol. The monoisotopic (exact) mass is 562 g/mol. The van der Waals surface area contributed by atoms with Crippen LogP contribution in [-0.2, 0) is 4.79 Å². The summed E-state index contributed by atoms with van der Waals surface area (Å²) in [5, 5.41) is 5.49. The van der Waals surface area contributed by atoms with Crippen LogP contribution < -0.4 is 24.8 Å². The molecule has 0 aliphatic carbocycles. The van der Waals surface area contributed by atoms with Crippen LogP contribution in [0.2, 0.25) is 0 Å². The largest absolute Gasteiger partial charge is 0.497 e. The molecule has 0 unspecified atom stereocenters. The van der Waals surface area contributed by atoms with Crippen LogP contribution in [0.1, 0.15) is 31.8 Å². The van der Waals surface area contributed by atoms with Crippen LogP contribution in [0.5, 0.6) is 17.2 Å². The zero-order valence-corrected chi connectivity index (χ0v) is 23.4. The van der Waals surface area contributed by atoms with Gasteiger partial charge < -0.3 is 24.8 Å². The highest BCUT2D eigenvalue weighted by molar-refractivity contribution is 6.11. The van der Waals surface area contributed by atoms with Gasteiger partial charge in [-0.1, -0.05) is 30.3 Å². The smallest absolute Gasteiger partial charge is 0.272 e. The van der Waals surface area contributed by atoms with Gasteiger partial charge in [-0.25, -0.2) is 0 Å². The summed E-state index contributed by atoms with van der Waals surface area (Å²) in [4.78, 5) is 39.0. The Morgan fingerprint density at radius 1 is 0.690 bits per heavy atom. The van der Waals surface area contributed by atoms with Crippen molar-refractivity contribution in [3.63, 3.8) is 0 Å². The highest BCUT2D eigenvalue weighted by atomic mass is 16.5. The molecular weight excluding hydrogens is 532 g/mol. The van der Waals surface area contributed by atoms with E-state index in [2.05, 4.69) is 10.6 Å². The summed E-state index contributed by atoms with van der Waals surface area (Å²) < 4.78 is 15.9. The molecule has 0 spiro atoms. The Kier molecular flexibility index (Phi) is 9.88. The number of benzene rings is 4. The summed E-state index contributed by atoms with van der Waals surface area (Å²) in [5.74, 6) is 0.647. The first-order valence-electron chi connectivity index (χ1n) is 13.0. The molecule has 2 amide bonds. The molecule has 0 bridgehead atoms. The third-order valence-corrected chi connectivity index (χ3v) is 6.22. The molecule has 2 N–H and O–H groups in total. The standard InChI is InChI=1S/C34H30N2O6/c1-40-28-11-7-8-23(20-28)21-30(36-33(38)26-9-5-4-6-10-26)34(39)35-27-16-12-24(13-17-27)31(37)19-15-25-14-18-29(41-2)22-32(25)42-3/h4-22H,1-3H3,(H,35,39)(H,36,38)/b19-15+,30-21-. The van der Waals surface area contributed by atoms with Crippen molar-refractivity contribution < 1.29 is 28.6 Å². The first kappa shape index (κ1) is 29.4. The van der Waals surface area contributed by atoms with Gasteiger partial charge >= 0.3 is 0 Å². The molecule has 4 aromatic carbocycles. The lowest BCUT2D eigenvalue weighted by molar-refractivity contribution is -0.113. The molecule has 0 aliphatic heterocycles. The van der Waals surface area contributed by atoms with Crippen LogP contribution in [0.4, 0.5) is 5.69 Å². The minimum absolute atomic E-state index is 0.0358. The summed E-state index contributed by atoms with van der Waals surface area (Å²) >= 11 is 0. The van der Waals surface area contributed by atoms with Crippen molar-refractivity contribution in [1.82, 2.24) is 5.32 Å². The number of methoxy groups -OCH3 is 3. The normalized spacial score (nSPS) is 11.1. The van der Waals surface area contributed by atoms with E-state index in [1.54, 1.807) is 131 Å². The Hall–Kier alpha value is -5.63. The molecule has 4 aromatic rings. The van der Waals surface area contributed by atoms with Crippen LogP contribution in [-0.4, -0.2) is 38.9 Å². The van der Waals surface area contributed by atoms with Gasteiger partial charge in [0.15, 0.2) is 5.78 Å². The molecule has 0 saturated carbocycles. The fourth-order valence-electron chi connectivity index (χ4n) is 3.97. The number of hydrogen-bond acceptors (Lipinski definition) is 6. The molecule has 0 fully saturated rings. The van der Waals surface area contributed by atoms with Crippen LogP contribution >= 0.6 is 0 Å². The Morgan fingerprint density at radius 2 is 1.40 bits per heavy atom. The molecule has 8 heteroatoms. The second-order valence-electron chi connectivity index (χ2n) is 8.99. The third-order valence-electron chi connectivity index (χ3n) is 6.22. The van der Waals surface area contributed by atoms with E-state index in [4.69, 9.17) is 14.2 Å². The molecule has 0 aromatic heterocycles. The minimum Gasteiger partial charge on any atom is -0.497 e. The fourth-order valence-corrected chi connectivity index (χ4v) is 3.97. The molecule has 0 atom stereocenters. The highest BCUT2D eigenvalue weighted by Crippen LogP contribution is 2.26. The highest BCUT2D eigenvalue weighted by Gasteiger charge is 2.16. The Morgan fingerprint density at radius 3 is 2.10 bits per heavy atom. The number of ketones is 1. The van der Waals surface area contributed by atoms with Crippen molar-refractivity contribution in [2.75, 3.05) is 26.6 Å². The van der Waals surface area contributed by atoms with Gasteiger partial charge in [-0.05, 0) is 84.5 Å². The molecular formula is C34H30N2O6. The van der Waals surface area contributed by atoms with Gasteiger partial charge in [0.2, 0.25) is 0 Å². The van der Waals surface area contributed by atoms with Gasteiger partial charge in [-0.15, -0.1) is 0 Å². The fraction of sp³-hybridized carbons (Fsp3) is 0.0882. The maximum Gasteiger partial charge on any atom is 0.272 e. The summed E-state index contributed by atoms with van der Waals surface area (Å²) in [7, 11) is 4.66. The van der Waals surface area contributed by atoms with Gasteiger partial charge in [0.25, 0.3) is 11.8 Å². The molecule has 0 radical (unpaired) electrons. The Bertz CT molecular complexity index is 1630. The minimum atomic E-state index is -0.535. The lowest BCUT2D eigenvalue weighted by Gasteiger charge is -2.12. The second-order valence-corrected chi connectivity index (χ2v) is 8.99. The van der Waals surface area contributed by atoms with Crippen LogP contribution in [0.3, 0.4) is 0 Å². The van der Waals surface area contributed by atoms with Crippen molar-refractivity contribution in [3.05, 3.63) is 131 Å². The lowest BCUT2D eigenvalue weighted by Crippen LogP contribution is -2.30. The summed E-state index contributed by atoms with van der Waals surface area (Å²) in [6.45, 7) is 0. The van der Waals surface area contributed by atoms with Gasteiger partial charge in [0.1, 0.15) is 22.9 Å². The van der Waals surface area contributed by atoms with E-state index in [1.165, 1.54) is 6.08 Å². The zero-order chi connectivity index (χ0) is 29.9. The molecule has 0 heterocycles. The number of carbonyl (C=O) groups is 3. The van der Waals surface area contributed by atoms with Crippen molar-refractivity contribution in [3.8, 4) is 17.2 Å². The first-order valence-corrected chi connectivity index (χ1v) is 13.0. The Balaban J connectivity index is 1.50. The maximum atomic E-state index is 13.3. The summed E-state index contributed by atoms with van der Waals surface area (Å²) in [6, 6.07) is 27.5. The van der Waals surface area contributed by atoms with Gasteiger partial charge in [-0.3, -0.25) is 14.4 Å². The number of amides is 2. The number of rotatable bonds is 11. The van der Waals surface area contributed by atoms with Crippen molar-refractivity contribution in [2.24, 2.45) is 0 Å². The summed E-state index contributed by atoms with van der Waals surface area (Å²) in [5.41, 5.74) is 2.71. The quantitative estimate of drug-likeness (QED) is 0.171. The van der Waals surface area contributed by atoms with Gasteiger partial charge in [-0.2, -0.15) is 0 Å². The lowest BCUT2D eigenvalue weighted by atomic mass is 10.1. The van der Waals surface area contributed by atoms with E-state index in [-0.39, 0.29) is 11.5 Å². The third kappa shape index (κ3) is 7.73. The van der Waals surface area contributed by atoms with E-state index in [0.29, 0.717) is 39.6 Å².